The molecule has 8 nitrogen and oxygen atoms in total. The Balaban J connectivity index is 3.22. The Bertz CT molecular complexity index is 557. The number of rotatable bonds is 3. The number of carboxylic acids is 1. The molecule has 102 valence electrons. The van der Waals surface area contributed by atoms with E-state index in [2.05, 4.69) is 4.98 Å². The third-order valence-corrected chi connectivity index (χ3v) is 1.78. The van der Waals surface area contributed by atoms with Gasteiger partial charge in [-0.1, -0.05) is 0 Å². The average molecular weight is 279 g/mol. The SMILES string of the molecule is O=C(O)c1ccc([N+](=O)[O-])c(NC(=O)C(F)(F)F)n1. The molecule has 1 rings (SSSR count). The summed E-state index contributed by atoms with van der Waals surface area (Å²) in [4.78, 5) is 33.7. The van der Waals surface area contributed by atoms with Crippen LogP contribution in [0.3, 0.4) is 0 Å². The molecule has 0 spiro atoms. The minimum Gasteiger partial charge on any atom is -0.477 e. The lowest BCUT2D eigenvalue weighted by molar-refractivity contribution is -0.384. The fourth-order valence-corrected chi connectivity index (χ4v) is 0.989. The number of nitrogens with one attached hydrogen (secondary N) is 1. The molecule has 0 aliphatic heterocycles. The first-order valence-corrected chi connectivity index (χ1v) is 4.40. The second kappa shape index (κ2) is 4.88. The van der Waals surface area contributed by atoms with Gasteiger partial charge in [0.1, 0.15) is 0 Å². The maximum atomic E-state index is 12.0. The summed E-state index contributed by atoms with van der Waals surface area (Å²) in [6.07, 6.45) is -5.28. The number of amides is 1. The van der Waals surface area contributed by atoms with Gasteiger partial charge in [0, 0.05) is 6.07 Å². The number of halogens is 3. The van der Waals surface area contributed by atoms with E-state index >= 15 is 0 Å². The Labute approximate surface area is 102 Å². The number of alkyl halides is 3. The van der Waals surface area contributed by atoms with Crippen LogP contribution in [-0.2, 0) is 4.79 Å². The van der Waals surface area contributed by atoms with E-state index in [4.69, 9.17) is 5.11 Å². The lowest BCUT2D eigenvalue weighted by atomic mass is 10.3. The van der Waals surface area contributed by atoms with Crippen molar-refractivity contribution >= 4 is 23.4 Å². The number of hydrogen-bond acceptors (Lipinski definition) is 5. The van der Waals surface area contributed by atoms with Gasteiger partial charge in [-0.3, -0.25) is 20.2 Å². The molecule has 1 heterocycles. The molecule has 1 aromatic rings. The fraction of sp³-hybridized carbons (Fsp3) is 0.125. The third-order valence-electron chi connectivity index (χ3n) is 1.78. The number of pyridine rings is 1. The Hall–Kier alpha value is -2.72. The molecule has 0 saturated carbocycles. The van der Waals surface area contributed by atoms with Crippen LogP contribution in [-0.4, -0.2) is 33.1 Å². The topological polar surface area (TPSA) is 122 Å². The highest BCUT2D eigenvalue weighted by Gasteiger charge is 2.40. The first-order chi connectivity index (χ1) is 8.62. The highest BCUT2D eigenvalue weighted by Crippen LogP contribution is 2.25. The maximum absolute atomic E-state index is 12.0. The molecule has 0 fully saturated rings. The van der Waals surface area contributed by atoms with E-state index in [1.54, 1.807) is 0 Å². The van der Waals surface area contributed by atoms with Gasteiger partial charge in [-0.2, -0.15) is 13.2 Å². The van der Waals surface area contributed by atoms with Crippen molar-refractivity contribution in [1.29, 1.82) is 0 Å². The smallest absolute Gasteiger partial charge is 0.471 e. The monoisotopic (exact) mass is 279 g/mol. The molecular formula is C8H4F3N3O5. The quantitative estimate of drug-likeness (QED) is 0.632. The molecule has 1 aromatic heterocycles. The summed E-state index contributed by atoms with van der Waals surface area (Å²) < 4.78 is 36.0. The first kappa shape index (κ1) is 14.3. The third kappa shape index (κ3) is 3.37. The zero-order valence-corrected chi connectivity index (χ0v) is 8.76. The van der Waals surface area contributed by atoms with Gasteiger partial charge in [-0.25, -0.2) is 9.78 Å². The van der Waals surface area contributed by atoms with Crippen molar-refractivity contribution in [1.82, 2.24) is 4.98 Å². The Morgan fingerprint density at radius 1 is 1.37 bits per heavy atom. The van der Waals surface area contributed by atoms with E-state index in [1.807, 2.05) is 0 Å². The van der Waals surface area contributed by atoms with Crippen molar-refractivity contribution in [3.05, 3.63) is 27.9 Å². The van der Waals surface area contributed by atoms with Crippen molar-refractivity contribution < 1.29 is 32.8 Å². The number of carbonyl (C=O) groups is 2. The van der Waals surface area contributed by atoms with Gasteiger partial charge in [-0.15, -0.1) is 0 Å². The maximum Gasteiger partial charge on any atom is 0.471 e. The summed E-state index contributed by atoms with van der Waals surface area (Å²) in [5.41, 5.74) is -1.70. The van der Waals surface area contributed by atoms with Crippen molar-refractivity contribution in [2.24, 2.45) is 0 Å². The van der Waals surface area contributed by atoms with E-state index in [-0.39, 0.29) is 0 Å². The summed E-state index contributed by atoms with van der Waals surface area (Å²) in [6.45, 7) is 0. The number of carboxylic acid groups (broad SMARTS) is 1. The Morgan fingerprint density at radius 3 is 2.37 bits per heavy atom. The normalized spacial score (nSPS) is 10.9. The first-order valence-electron chi connectivity index (χ1n) is 4.40. The highest BCUT2D eigenvalue weighted by molar-refractivity contribution is 5.96. The second-order valence-corrected chi connectivity index (χ2v) is 3.08. The van der Waals surface area contributed by atoms with Gasteiger partial charge in [-0.05, 0) is 6.07 Å². The summed E-state index contributed by atoms with van der Waals surface area (Å²) in [6, 6.07) is 1.35. The molecule has 0 aliphatic rings. The predicted octanol–water partition coefficient (Wildman–Crippen LogP) is 1.19. The van der Waals surface area contributed by atoms with Crippen molar-refractivity contribution in [3.8, 4) is 0 Å². The summed E-state index contributed by atoms with van der Waals surface area (Å²) in [5, 5.41) is 20.2. The van der Waals surface area contributed by atoms with Crippen LogP contribution in [0.4, 0.5) is 24.7 Å². The zero-order valence-electron chi connectivity index (χ0n) is 8.76. The Kier molecular flexibility index (Phi) is 3.68. The molecule has 0 aromatic carbocycles. The van der Waals surface area contributed by atoms with Gasteiger partial charge >= 0.3 is 23.7 Å². The van der Waals surface area contributed by atoms with Crippen LogP contribution in [0.5, 0.6) is 0 Å². The largest absolute Gasteiger partial charge is 0.477 e. The number of aromatic nitrogens is 1. The van der Waals surface area contributed by atoms with Crippen LogP contribution in [0.25, 0.3) is 0 Å². The zero-order chi connectivity index (χ0) is 14.8. The molecule has 0 unspecified atom stereocenters. The van der Waals surface area contributed by atoms with E-state index in [0.717, 1.165) is 11.4 Å². The lowest BCUT2D eigenvalue weighted by Crippen LogP contribution is -2.30. The van der Waals surface area contributed by atoms with Gasteiger partial charge in [0.25, 0.3) is 0 Å². The molecule has 0 radical (unpaired) electrons. The van der Waals surface area contributed by atoms with Crippen LogP contribution in [0.1, 0.15) is 10.5 Å². The van der Waals surface area contributed by atoms with Crippen LogP contribution in [0.15, 0.2) is 12.1 Å². The predicted molar refractivity (Wildman–Crippen MR) is 52.5 cm³/mol. The molecule has 1 amide bonds. The van der Waals surface area contributed by atoms with Gasteiger partial charge in [0.15, 0.2) is 5.69 Å². The molecule has 0 saturated heterocycles. The summed E-state index contributed by atoms with van der Waals surface area (Å²) in [7, 11) is 0. The second-order valence-electron chi connectivity index (χ2n) is 3.08. The molecular weight excluding hydrogens is 275 g/mol. The highest BCUT2D eigenvalue weighted by atomic mass is 19.4. The van der Waals surface area contributed by atoms with E-state index in [9.17, 15) is 32.9 Å². The molecule has 11 heteroatoms. The van der Waals surface area contributed by atoms with E-state index in [1.165, 1.54) is 0 Å². The number of nitro groups is 1. The van der Waals surface area contributed by atoms with Crippen molar-refractivity contribution in [2.75, 3.05) is 5.32 Å². The molecule has 0 aliphatic carbocycles. The summed E-state index contributed by atoms with van der Waals surface area (Å²) >= 11 is 0. The molecule has 2 N–H and O–H groups in total. The molecule has 0 bridgehead atoms. The van der Waals surface area contributed by atoms with Crippen LogP contribution in [0, 0.1) is 10.1 Å². The van der Waals surface area contributed by atoms with Crippen molar-refractivity contribution in [2.45, 2.75) is 6.18 Å². The Morgan fingerprint density at radius 2 is 1.95 bits per heavy atom. The fourth-order valence-electron chi connectivity index (χ4n) is 0.989. The number of hydrogen-bond donors (Lipinski definition) is 2. The average Bonchev–Trinajstić information content (AvgIpc) is 2.27. The number of nitrogens with zero attached hydrogens (tertiary/aromatic N) is 2. The van der Waals surface area contributed by atoms with E-state index < -0.39 is 40.2 Å². The number of anilines is 1. The van der Waals surface area contributed by atoms with Gasteiger partial charge in [0.05, 0.1) is 4.92 Å². The number of aromatic carboxylic acids is 1. The van der Waals surface area contributed by atoms with Gasteiger partial charge in [0.2, 0.25) is 5.82 Å². The minimum atomic E-state index is -5.28. The minimum absolute atomic E-state index is 0.627. The van der Waals surface area contributed by atoms with Crippen LogP contribution >= 0.6 is 0 Å². The van der Waals surface area contributed by atoms with Gasteiger partial charge < -0.3 is 5.11 Å². The summed E-state index contributed by atoms with van der Waals surface area (Å²) in [5.74, 6) is -5.20. The molecule has 0 atom stereocenters. The van der Waals surface area contributed by atoms with Crippen molar-refractivity contribution in [3.63, 3.8) is 0 Å². The van der Waals surface area contributed by atoms with E-state index in [0.29, 0.717) is 6.07 Å². The van der Waals surface area contributed by atoms with Crippen LogP contribution < -0.4 is 5.32 Å². The van der Waals surface area contributed by atoms with Crippen LogP contribution in [0.2, 0.25) is 0 Å². The standard InChI is InChI=1S/C8H4F3N3O5/c9-8(10,11)7(17)13-5-4(14(18)19)2-1-3(12-5)6(15)16/h1-2H,(H,15,16)(H,12,13,17). The lowest BCUT2D eigenvalue weighted by Gasteiger charge is -2.07. The molecule has 19 heavy (non-hydrogen) atoms. The number of carbonyl (C=O) groups excluding carboxylic acids is 1.